The third kappa shape index (κ3) is 3.30. The highest BCUT2D eigenvalue weighted by atomic mass is 32.3. The summed E-state index contributed by atoms with van der Waals surface area (Å²) in [6.07, 6.45) is -1.86. The molecule has 90 valence electrons. The van der Waals surface area contributed by atoms with Gasteiger partial charge in [0.1, 0.15) is 0 Å². The van der Waals surface area contributed by atoms with Gasteiger partial charge in [-0.2, -0.15) is 21.1 Å². The molecule has 0 aromatic heterocycles. The molecule has 0 aliphatic heterocycles. The Labute approximate surface area is 87.7 Å². The fourth-order valence-electron chi connectivity index (χ4n) is 0.529. The van der Waals surface area contributed by atoms with Crippen LogP contribution in [0.25, 0.3) is 0 Å². The van der Waals surface area contributed by atoms with Crippen molar-refractivity contribution in [2.75, 3.05) is 21.1 Å². The van der Waals surface area contributed by atoms with Gasteiger partial charge in [-0.3, -0.25) is 0 Å². The number of nitrogens with one attached hydrogen (secondary N) is 1. The molecule has 2 N–H and O–H groups in total. The van der Waals surface area contributed by atoms with Gasteiger partial charge in [-0.05, 0) is 0 Å². The van der Waals surface area contributed by atoms with Gasteiger partial charge in [0, 0.05) is 21.1 Å². The standard InChI is InChI=1S/C4H11N3O6S2/c1-6(2)15(12,13)7(3)14(10,11)5-4(8)9/h5H,1-3H3,(H,8,9). The van der Waals surface area contributed by atoms with Crippen molar-refractivity contribution < 1.29 is 26.7 Å². The van der Waals surface area contributed by atoms with Crippen molar-refractivity contribution in [3.05, 3.63) is 0 Å². The van der Waals surface area contributed by atoms with Crippen LogP contribution in [0.3, 0.4) is 0 Å². The van der Waals surface area contributed by atoms with E-state index in [0.717, 1.165) is 25.9 Å². The van der Waals surface area contributed by atoms with E-state index >= 15 is 0 Å². The van der Waals surface area contributed by atoms with E-state index < -0.39 is 26.5 Å². The normalized spacial score (nSPS) is 13.1. The molecule has 0 atom stereocenters. The molecule has 1 amide bonds. The number of hydrogen-bond acceptors (Lipinski definition) is 5. The van der Waals surface area contributed by atoms with Crippen LogP contribution in [-0.4, -0.2) is 57.2 Å². The van der Waals surface area contributed by atoms with Crippen LogP contribution >= 0.6 is 0 Å². The quantitative estimate of drug-likeness (QED) is 0.617. The lowest BCUT2D eigenvalue weighted by atomic mass is 11.3. The monoisotopic (exact) mass is 261 g/mol. The maximum absolute atomic E-state index is 11.3. The maximum atomic E-state index is 11.3. The minimum absolute atomic E-state index is 0.0753. The summed E-state index contributed by atoms with van der Waals surface area (Å²) < 4.78 is 46.5. The van der Waals surface area contributed by atoms with Crippen molar-refractivity contribution >= 4 is 26.5 Å². The number of hydrogen-bond donors (Lipinski definition) is 2. The predicted octanol–water partition coefficient (Wildman–Crippen LogP) is -1.76. The van der Waals surface area contributed by atoms with Gasteiger partial charge in [0.2, 0.25) is 0 Å². The molecule has 0 aromatic carbocycles. The average molecular weight is 261 g/mol. The number of rotatable bonds is 4. The van der Waals surface area contributed by atoms with E-state index in [-0.39, 0.29) is 3.71 Å². The van der Waals surface area contributed by atoms with Gasteiger partial charge in [-0.15, -0.1) is 0 Å². The zero-order valence-electron chi connectivity index (χ0n) is 8.20. The Hall–Kier alpha value is -0.910. The zero-order valence-corrected chi connectivity index (χ0v) is 9.83. The van der Waals surface area contributed by atoms with Crippen LogP contribution in [0.2, 0.25) is 0 Å². The van der Waals surface area contributed by atoms with Crippen molar-refractivity contribution in [1.82, 2.24) is 12.7 Å². The molecule has 0 rings (SSSR count). The van der Waals surface area contributed by atoms with Crippen molar-refractivity contribution in [2.24, 2.45) is 0 Å². The van der Waals surface area contributed by atoms with Crippen molar-refractivity contribution in [3.8, 4) is 0 Å². The Morgan fingerprint density at radius 3 is 1.80 bits per heavy atom. The molecule has 0 unspecified atom stereocenters. The van der Waals surface area contributed by atoms with E-state index in [1.165, 1.54) is 0 Å². The summed E-state index contributed by atoms with van der Waals surface area (Å²) in [6, 6.07) is 0. The lowest BCUT2D eigenvalue weighted by molar-refractivity contribution is 0.200. The molecule has 0 saturated carbocycles. The van der Waals surface area contributed by atoms with Gasteiger partial charge in [0.25, 0.3) is 10.2 Å². The van der Waals surface area contributed by atoms with Crippen LogP contribution in [0.5, 0.6) is 0 Å². The maximum Gasteiger partial charge on any atom is 0.419 e. The highest BCUT2D eigenvalue weighted by Gasteiger charge is 2.32. The molecule has 0 spiro atoms. The lowest BCUT2D eigenvalue weighted by Gasteiger charge is -2.20. The molecular formula is C4H11N3O6S2. The third-order valence-electron chi connectivity index (χ3n) is 1.34. The molecular weight excluding hydrogens is 250 g/mol. The van der Waals surface area contributed by atoms with Crippen molar-refractivity contribution in [2.45, 2.75) is 0 Å². The zero-order chi connectivity index (χ0) is 12.4. The van der Waals surface area contributed by atoms with E-state index in [0.29, 0.717) is 4.31 Å². The van der Waals surface area contributed by atoms with E-state index in [2.05, 4.69) is 0 Å². The molecule has 15 heavy (non-hydrogen) atoms. The highest BCUT2D eigenvalue weighted by molar-refractivity contribution is 8.02. The second-order valence-corrected chi connectivity index (χ2v) is 6.69. The second kappa shape index (κ2) is 4.30. The highest BCUT2D eigenvalue weighted by Crippen LogP contribution is 2.05. The summed E-state index contributed by atoms with van der Waals surface area (Å²) >= 11 is 0. The minimum atomic E-state index is -4.61. The Morgan fingerprint density at radius 2 is 1.53 bits per heavy atom. The molecule has 0 bridgehead atoms. The topological polar surface area (TPSA) is 124 Å². The first-order valence-electron chi connectivity index (χ1n) is 3.44. The Morgan fingerprint density at radius 1 is 1.13 bits per heavy atom. The van der Waals surface area contributed by atoms with Gasteiger partial charge >= 0.3 is 16.3 Å². The molecule has 9 nitrogen and oxygen atoms in total. The van der Waals surface area contributed by atoms with Crippen molar-refractivity contribution in [3.63, 3.8) is 0 Å². The Balaban J connectivity index is 5.20. The summed E-state index contributed by atoms with van der Waals surface area (Å²) in [5, 5.41) is 8.18. The number of carboxylic acid groups (broad SMARTS) is 1. The molecule has 0 heterocycles. The molecule has 0 aliphatic rings. The molecule has 0 radical (unpaired) electrons. The second-order valence-electron chi connectivity index (χ2n) is 2.58. The number of carbonyl (C=O) groups is 1. The van der Waals surface area contributed by atoms with Crippen LogP contribution in [0.15, 0.2) is 0 Å². The molecule has 0 fully saturated rings. The summed E-state index contributed by atoms with van der Waals surface area (Å²) in [5.74, 6) is 0. The van der Waals surface area contributed by atoms with Gasteiger partial charge < -0.3 is 5.11 Å². The van der Waals surface area contributed by atoms with Gasteiger partial charge in [-0.1, -0.05) is 3.71 Å². The smallest absolute Gasteiger partial charge is 0.419 e. The van der Waals surface area contributed by atoms with Crippen LogP contribution in [0.1, 0.15) is 0 Å². The summed E-state index contributed by atoms with van der Waals surface area (Å²) in [5.41, 5.74) is 0. The van der Waals surface area contributed by atoms with Crippen LogP contribution in [-0.2, 0) is 20.4 Å². The van der Waals surface area contributed by atoms with E-state index in [1.54, 1.807) is 0 Å². The van der Waals surface area contributed by atoms with Gasteiger partial charge in [0.15, 0.2) is 0 Å². The van der Waals surface area contributed by atoms with Crippen LogP contribution in [0, 0.1) is 0 Å². The number of nitrogens with zero attached hydrogens (tertiary/aromatic N) is 2. The first kappa shape index (κ1) is 14.1. The lowest BCUT2D eigenvalue weighted by Crippen LogP contribution is -2.47. The first-order chi connectivity index (χ1) is 6.51. The Kier molecular flexibility index (Phi) is 4.04. The van der Waals surface area contributed by atoms with Crippen LogP contribution in [0.4, 0.5) is 4.79 Å². The first-order valence-corrected chi connectivity index (χ1v) is 6.27. The van der Waals surface area contributed by atoms with E-state index in [4.69, 9.17) is 5.11 Å². The SMILES string of the molecule is CN(C)S(=O)(=O)N(C)S(=O)(=O)NC(=O)O. The Bertz CT molecular complexity index is 437. The predicted molar refractivity (Wildman–Crippen MR) is 50.5 cm³/mol. The van der Waals surface area contributed by atoms with Gasteiger partial charge in [0.05, 0.1) is 0 Å². The molecule has 0 saturated heterocycles. The molecule has 0 aromatic rings. The fraction of sp³-hybridized carbons (Fsp3) is 0.750. The summed E-state index contributed by atoms with van der Waals surface area (Å²) in [6.45, 7) is 0. The number of amides is 1. The average Bonchev–Trinajstić information content (AvgIpc) is 2.00. The van der Waals surface area contributed by atoms with Crippen LogP contribution < -0.4 is 4.72 Å². The molecule has 0 aliphatic carbocycles. The summed E-state index contributed by atoms with van der Waals surface area (Å²) in [4.78, 5) is 10.1. The minimum Gasteiger partial charge on any atom is -0.464 e. The van der Waals surface area contributed by atoms with E-state index in [1.807, 2.05) is 0 Å². The fourth-order valence-corrected chi connectivity index (χ4v) is 2.84. The van der Waals surface area contributed by atoms with Crippen molar-refractivity contribution in [1.29, 1.82) is 0 Å². The largest absolute Gasteiger partial charge is 0.464 e. The third-order valence-corrected chi connectivity index (χ3v) is 5.18. The summed E-state index contributed by atoms with van der Waals surface area (Å²) in [7, 11) is -5.89. The van der Waals surface area contributed by atoms with Gasteiger partial charge in [-0.25, -0.2) is 9.52 Å². The van der Waals surface area contributed by atoms with E-state index in [9.17, 15) is 21.6 Å². The molecule has 11 heteroatoms.